The Morgan fingerprint density at radius 3 is 2.75 bits per heavy atom. The van der Waals surface area contributed by atoms with E-state index in [1.807, 2.05) is 24.3 Å². The third-order valence-corrected chi connectivity index (χ3v) is 2.78. The zero-order valence-electron chi connectivity index (χ0n) is 10.8. The van der Waals surface area contributed by atoms with E-state index in [9.17, 15) is 14.5 Å². The Balaban J connectivity index is 2.07. The molecule has 0 fully saturated rings. The number of nitro groups is 1. The van der Waals surface area contributed by atoms with Gasteiger partial charge in [0.05, 0.1) is 12.0 Å². The Hall–Kier alpha value is -2.63. The van der Waals surface area contributed by atoms with Gasteiger partial charge in [-0.3, -0.25) is 10.1 Å². The molecule has 0 saturated heterocycles. The summed E-state index contributed by atoms with van der Waals surface area (Å²) in [6.07, 6.45) is 0. The van der Waals surface area contributed by atoms with Crippen LogP contribution in [-0.2, 0) is 6.54 Å². The molecule has 2 rings (SSSR count). The Kier molecular flexibility index (Phi) is 4.14. The second-order valence-electron chi connectivity index (χ2n) is 4.13. The minimum Gasteiger partial charge on any atom is -0.497 e. The molecule has 0 aliphatic heterocycles. The van der Waals surface area contributed by atoms with Crippen molar-refractivity contribution in [2.45, 2.75) is 6.54 Å². The lowest BCUT2D eigenvalue weighted by Gasteiger charge is -2.08. The topological polar surface area (TPSA) is 64.4 Å². The standard InChI is InChI=1S/C14H13FN2O3/c1-20-12-4-2-3-11(8-12)16-9-10-5-6-14(17(18)19)13(15)7-10/h2-8,16H,9H2,1H3. The van der Waals surface area contributed by atoms with Crippen molar-refractivity contribution in [2.75, 3.05) is 12.4 Å². The summed E-state index contributed by atoms with van der Waals surface area (Å²) >= 11 is 0. The van der Waals surface area contributed by atoms with E-state index in [1.54, 1.807) is 7.11 Å². The van der Waals surface area contributed by atoms with Crippen LogP contribution in [0.3, 0.4) is 0 Å². The fourth-order valence-electron chi connectivity index (χ4n) is 1.75. The second kappa shape index (κ2) is 6.01. The van der Waals surface area contributed by atoms with Crippen LogP contribution in [-0.4, -0.2) is 12.0 Å². The summed E-state index contributed by atoms with van der Waals surface area (Å²) in [7, 11) is 1.57. The van der Waals surface area contributed by atoms with E-state index in [4.69, 9.17) is 4.74 Å². The molecule has 0 amide bonds. The van der Waals surface area contributed by atoms with Gasteiger partial charge in [0.25, 0.3) is 0 Å². The molecule has 0 aromatic heterocycles. The molecular formula is C14H13FN2O3. The molecule has 0 radical (unpaired) electrons. The molecule has 0 aliphatic carbocycles. The molecule has 0 aliphatic rings. The molecule has 0 spiro atoms. The van der Waals surface area contributed by atoms with Crippen molar-refractivity contribution in [2.24, 2.45) is 0 Å². The number of rotatable bonds is 5. The van der Waals surface area contributed by atoms with Gasteiger partial charge < -0.3 is 10.1 Å². The minimum absolute atomic E-state index is 0.363. The highest BCUT2D eigenvalue weighted by Gasteiger charge is 2.13. The van der Waals surface area contributed by atoms with Crippen molar-refractivity contribution < 1.29 is 14.1 Å². The van der Waals surface area contributed by atoms with Crippen LogP contribution in [0.25, 0.3) is 0 Å². The van der Waals surface area contributed by atoms with Crippen molar-refractivity contribution in [3.63, 3.8) is 0 Å². The predicted octanol–water partition coefficient (Wildman–Crippen LogP) is 3.35. The largest absolute Gasteiger partial charge is 0.497 e. The molecule has 20 heavy (non-hydrogen) atoms. The smallest absolute Gasteiger partial charge is 0.304 e. The monoisotopic (exact) mass is 276 g/mol. The van der Waals surface area contributed by atoms with Gasteiger partial charge in [-0.15, -0.1) is 0 Å². The number of hydrogen-bond donors (Lipinski definition) is 1. The van der Waals surface area contributed by atoms with Gasteiger partial charge in [0.15, 0.2) is 0 Å². The summed E-state index contributed by atoms with van der Waals surface area (Å²) in [6, 6.07) is 11.2. The van der Waals surface area contributed by atoms with Crippen molar-refractivity contribution in [1.82, 2.24) is 0 Å². The summed E-state index contributed by atoms with van der Waals surface area (Å²) in [5, 5.41) is 13.6. The van der Waals surface area contributed by atoms with Crippen LogP contribution < -0.4 is 10.1 Å². The Morgan fingerprint density at radius 2 is 2.10 bits per heavy atom. The van der Waals surface area contributed by atoms with E-state index in [0.717, 1.165) is 17.8 Å². The van der Waals surface area contributed by atoms with Gasteiger partial charge in [-0.05, 0) is 23.8 Å². The highest BCUT2D eigenvalue weighted by atomic mass is 19.1. The van der Waals surface area contributed by atoms with Gasteiger partial charge in [-0.25, -0.2) is 0 Å². The number of halogens is 1. The van der Waals surface area contributed by atoms with Gasteiger partial charge in [0, 0.05) is 24.4 Å². The maximum Gasteiger partial charge on any atom is 0.304 e. The number of anilines is 1. The Bertz CT molecular complexity index is 632. The van der Waals surface area contributed by atoms with Crippen LogP contribution in [0.1, 0.15) is 5.56 Å². The van der Waals surface area contributed by atoms with E-state index in [2.05, 4.69) is 5.32 Å². The molecule has 104 valence electrons. The first-order valence-corrected chi connectivity index (χ1v) is 5.91. The van der Waals surface area contributed by atoms with E-state index < -0.39 is 16.4 Å². The summed E-state index contributed by atoms with van der Waals surface area (Å²) < 4.78 is 18.5. The van der Waals surface area contributed by atoms with E-state index in [1.165, 1.54) is 6.07 Å². The molecule has 0 atom stereocenters. The second-order valence-corrected chi connectivity index (χ2v) is 4.13. The molecule has 0 bridgehead atoms. The average molecular weight is 276 g/mol. The number of benzene rings is 2. The third kappa shape index (κ3) is 3.23. The van der Waals surface area contributed by atoms with Crippen LogP contribution in [0.15, 0.2) is 42.5 Å². The number of nitrogens with zero attached hydrogens (tertiary/aromatic N) is 1. The fourth-order valence-corrected chi connectivity index (χ4v) is 1.75. The predicted molar refractivity (Wildman–Crippen MR) is 73.4 cm³/mol. The van der Waals surface area contributed by atoms with Crippen LogP contribution in [0.5, 0.6) is 5.75 Å². The van der Waals surface area contributed by atoms with Crippen molar-refractivity contribution in [1.29, 1.82) is 0 Å². The molecule has 2 aromatic rings. The molecule has 2 aromatic carbocycles. The molecule has 0 heterocycles. The number of nitrogens with one attached hydrogen (secondary N) is 1. The van der Waals surface area contributed by atoms with Gasteiger partial charge >= 0.3 is 5.69 Å². The van der Waals surface area contributed by atoms with E-state index in [0.29, 0.717) is 17.9 Å². The van der Waals surface area contributed by atoms with Gasteiger partial charge in [0.2, 0.25) is 5.82 Å². The molecule has 6 heteroatoms. The first-order chi connectivity index (χ1) is 9.60. The SMILES string of the molecule is COc1cccc(NCc2ccc([N+](=O)[O-])c(F)c2)c1. The van der Waals surface area contributed by atoms with Crippen LogP contribution in [0.2, 0.25) is 0 Å². The highest BCUT2D eigenvalue weighted by molar-refractivity contribution is 5.48. The lowest BCUT2D eigenvalue weighted by Crippen LogP contribution is -2.01. The molecule has 0 unspecified atom stereocenters. The van der Waals surface area contributed by atoms with Gasteiger partial charge in [-0.1, -0.05) is 12.1 Å². The van der Waals surface area contributed by atoms with Crippen molar-refractivity contribution in [3.05, 3.63) is 64.0 Å². The van der Waals surface area contributed by atoms with E-state index in [-0.39, 0.29) is 0 Å². The summed E-state index contributed by atoms with van der Waals surface area (Å²) in [6.45, 7) is 0.363. The fraction of sp³-hybridized carbons (Fsp3) is 0.143. The summed E-state index contributed by atoms with van der Waals surface area (Å²) in [5.74, 6) is -0.121. The van der Waals surface area contributed by atoms with Gasteiger partial charge in [0.1, 0.15) is 5.75 Å². The third-order valence-electron chi connectivity index (χ3n) is 2.78. The van der Waals surface area contributed by atoms with Gasteiger partial charge in [-0.2, -0.15) is 4.39 Å². The van der Waals surface area contributed by atoms with Crippen LogP contribution >= 0.6 is 0 Å². The number of nitro benzene ring substituents is 1. The lowest BCUT2D eigenvalue weighted by atomic mass is 10.2. The van der Waals surface area contributed by atoms with Crippen LogP contribution in [0, 0.1) is 15.9 Å². The first-order valence-electron chi connectivity index (χ1n) is 5.91. The molecule has 1 N–H and O–H groups in total. The zero-order chi connectivity index (χ0) is 14.5. The Morgan fingerprint density at radius 1 is 1.30 bits per heavy atom. The lowest BCUT2D eigenvalue weighted by molar-refractivity contribution is -0.387. The zero-order valence-corrected chi connectivity index (χ0v) is 10.8. The van der Waals surface area contributed by atoms with Crippen molar-refractivity contribution >= 4 is 11.4 Å². The number of ether oxygens (including phenoxy) is 1. The molecular weight excluding hydrogens is 263 g/mol. The number of methoxy groups -OCH3 is 1. The first kappa shape index (κ1) is 13.8. The molecule has 5 nitrogen and oxygen atoms in total. The highest BCUT2D eigenvalue weighted by Crippen LogP contribution is 2.20. The average Bonchev–Trinajstić information content (AvgIpc) is 2.45. The quantitative estimate of drug-likeness (QED) is 0.671. The minimum atomic E-state index is -0.833. The Labute approximate surface area is 115 Å². The maximum absolute atomic E-state index is 13.5. The normalized spacial score (nSPS) is 10.1. The van der Waals surface area contributed by atoms with Crippen LogP contribution in [0.4, 0.5) is 15.8 Å². The van der Waals surface area contributed by atoms with Crippen molar-refractivity contribution in [3.8, 4) is 5.75 Å². The summed E-state index contributed by atoms with van der Waals surface area (Å²) in [4.78, 5) is 9.78. The van der Waals surface area contributed by atoms with E-state index >= 15 is 0 Å². The summed E-state index contributed by atoms with van der Waals surface area (Å²) in [5.41, 5.74) is 0.925. The number of hydrogen-bond acceptors (Lipinski definition) is 4. The molecule has 0 saturated carbocycles. The maximum atomic E-state index is 13.5.